The molecule has 1 heterocycles. The highest BCUT2D eigenvalue weighted by Crippen LogP contribution is 2.23. The number of aromatic amines is 1. The lowest BCUT2D eigenvalue weighted by Crippen LogP contribution is -2.35. The molecule has 0 radical (unpaired) electrons. The molecule has 1 amide bonds. The second kappa shape index (κ2) is 8.14. The van der Waals surface area contributed by atoms with Crippen LogP contribution < -0.4 is 16.2 Å². The topological polar surface area (TPSA) is 107 Å². The number of hydrogen-bond acceptors (Lipinski definition) is 5. The largest absolute Gasteiger partial charge is 0.501 e. The molecule has 0 saturated heterocycles. The van der Waals surface area contributed by atoms with Crippen molar-refractivity contribution in [3.05, 3.63) is 87.9 Å². The third-order valence-electron chi connectivity index (χ3n) is 4.30. The fraction of sp³-hybridized carbons (Fsp3) is 0.190. The molecule has 2 aromatic carbocycles. The van der Waals surface area contributed by atoms with Crippen LogP contribution in [-0.2, 0) is 12.1 Å². The maximum absolute atomic E-state index is 13.0. The number of amides is 1. The third-order valence-corrected chi connectivity index (χ3v) is 4.30. The zero-order chi connectivity index (χ0) is 21.0. The van der Waals surface area contributed by atoms with E-state index in [4.69, 9.17) is 0 Å². The minimum Gasteiger partial charge on any atom is -0.501 e. The van der Waals surface area contributed by atoms with Gasteiger partial charge in [-0.2, -0.15) is 0 Å². The quantitative estimate of drug-likeness (QED) is 0.513. The summed E-state index contributed by atoms with van der Waals surface area (Å²) in [5, 5.41) is 15.8. The smallest absolute Gasteiger partial charge is 0.294 e. The van der Waals surface area contributed by atoms with Crippen LogP contribution in [0.5, 0.6) is 5.75 Å². The summed E-state index contributed by atoms with van der Waals surface area (Å²) >= 11 is 0. The number of carbonyl (C=O) groups is 1. The molecular weight excluding hydrogens is 375 g/mol. The molecule has 0 saturated carbocycles. The number of aromatic hydroxyl groups is 1. The Labute approximate surface area is 166 Å². The zero-order valence-electron chi connectivity index (χ0n) is 16.0. The summed E-state index contributed by atoms with van der Waals surface area (Å²) in [5.41, 5.74) is -0.565. The summed E-state index contributed by atoms with van der Waals surface area (Å²) in [6.07, 6.45) is 0. The number of halogens is 1. The van der Waals surface area contributed by atoms with Crippen LogP contribution in [-0.4, -0.2) is 21.0 Å². The lowest BCUT2D eigenvalue weighted by molar-refractivity contribution is 0.0942. The highest BCUT2D eigenvalue weighted by atomic mass is 19.1. The van der Waals surface area contributed by atoms with Crippen molar-refractivity contribution in [3.63, 3.8) is 0 Å². The van der Waals surface area contributed by atoms with Gasteiger partial charge in [0.05, 0.1) is 5.54 Å². The number of H-pyrrole nitrogens is 1. The molecule has 0 aliphatic rings. The Morgan fingerprint density at radius 2 is 1.79 bits per heavy atom. The van der Waals surface area contributed by atoms with Crippen LogP contribution in [0.3, 0.4) is 0 Å². The second-order valence-corrected chi connectivity index (χ2v) is 7.04. The van der Waals surface area contributed by atoms with E-state index in [1.165, 1.54) is 24.3 Å². The predicted octanol–water partition coefficient (Wildman–Crippen LogP) is 2.89. The first-order valence-electron chi connectivity index (χ1n) is 8.96. The monoisotopic (exact) mass is 396 g/mol. The van der Waals surface area contributed by atoms with Gasteiger partial charge in [0.1, 0.15) is 11.6 Å². The van der Waals surface area contributed by atoms with E-state index in [1.54, 1.807) is 13.8 Å². The van der Waals surface area contributed by atoms with Gasteiger partial charge in [0, 0.05) is 12.2 Å². The van der Waals surface area contributed by atoms with Crippen molar-refractivity contribution in [3.8, 4) is 5.75 Å². The number of hydrogen-bond donors (Lipinski definition) is 4. The van der Waals surface area contributed by atoms with Gasteiger partial charge in [-0.3, -0.25) is 9.59 Å². The van der Waals surface area contributed by atoms with Crippen LogP contribution in [0.2, 0.25) is 0 Å². The normalized spacial score (nSPS) is 11.1. The van der Waals surface area contributed by atoms with Crippen molar-refractivity contribution in [2.24, 2.45) is 0 Å². The molecule has 150 valence electrons. The first kappa shape index (κ1) is 20.1. The van der Waals surface area contributed by atoms with Gasteiger partial charge >= 0.3 is 0 Å². The Kier molecular flexibility index (Phi) is 5.63. The van der Waals surface area contributed by atoms with Gasteiger partial charge < -0.3 is 20.7 Å². The van der Waals surface area contributed by atoms with E-state index < -0.39 is 22.8 Å². The van der Waals surface area contributed by atoms with Crippen LogP contribution in [0.4, 0.5) is 10.1 Å². The number of rotatable bonds is 6. The number of aromatic nitrogens is 2. The first-order chi connectivity index (χ1) is 13.8. The average Bonchev–Trinajstić information content (AvgIpc) is 2.69. The number of carbonyl (C=O) groups excluding carboxylic acids is 1. The molecule has 0 aliphatic heterocycles. The molecule has 0 aliphatic carbocycles. The van der Waals surface area contributed by atoms with Gasteiger partial charge in [-0.05, 0) is 43.7 Å². The highest BCUT2D eigenvalue weighted by molar-refractivity contribution is 5.94. The lowest BCUT2D eigenvalue weighted by Gasteiger charge is -2.26. The summed E-state index contributed by atoms with van der Waals surface area (Å²) in [4.78, 5) is 31.4. The average molecular weight is 396 g/mol. The molecule has 0 spiro atoms. The molecule has 8 heteroatoms. The van der Waals surface area contributed by atoms with Crippen molar-refractivity contribution in [2.75, 3.05) is 5.32 Å². The summed E-state index contributed by atoms with van der Waals surface area (Å²) in [6, 6.07) is 14.9. The molecule has 7 nitrogen and oxygen atoms in total. The molecule has 3 rings (SSSR count). The fourth-order valence-corrected chi connectivity index (χ4v) is 2.73. The van der Waals surface area contributed by atoms with E-state index >= 15 is 0 Å². The zero-order valence-corrected chi connectivity index (χ0v) is 16.0. The Morgan fingerprint density at radius 1 is 1.14 bits per heavy atom. The number of nitrogens with one attached hydrogen (secondary N) is 3. The van der Waals surface area contributed by atoms with Crippen LogP contribution in [0.1, 0.15) is 35.7 Å². The minimum absolute atomic E-state index is 0.0913. The maximum Gasteiger partial charge on any atom is 0.294 e. The summed E-state index contributed by atoms with van der Waals surface area (Å²) in [7, 11) is 0. The standard InChI is InChI=1S/C21H21FN4O3/c1-21(2,26-15-6-4-3-5-7-15)20-24-16(17(27)19(29)25-20)18(28)23-12-13-8-10-14(22)11-9-13/h3-11,26-27H,12H2,1-2H3,(H,23,28)(H,24,25,29). The van der Waals surface area contributed by atoms with Crippen molar-refractivity contribution in [1.29, 1.82) is 0 Å². The van der Waals surface area contributed by atoms with Crippen molar-refractivity contribution in [2.45, 2.75) is 25.9 Å². The molecule has 29 heavy (non-hydrogen) atoms. The molecule has 1 aromatic heterocycles. The first-order valence-corrected chi connectivity index (χ1v) is 8.96. The van der Waals surface area contributed by atoms with E-state index in [9.17, 15) is 19.1 Å². The summed E-state index contributed by atoms with van der Waals surface area (Å²) in [5.74, 6) is -1.67. The van der Waals surface area contributed by atoms with Crippen LogP contribution in [0.25, 0.3) is 0 Å². The van der Waals surface area contributed by atoms with E-state index in [-0.39, 0.29) is 23.9 Å². The van der Waals surface area contributed by atoms with Gasteiger partial charge in [-0.15, -0.1) is 0 Å². The maximum atomic E-state index is 13.0. The molecule has 0 unspecified atom stereocenters. The molecule has 0 bridgehead atoms. The number of para-hydroxylation sites is 1. The van der Waals surface area contributed by atoms with Gasteiger partial charge in [0.2, 0.25) is 5.75 Å². The molecule has 3 aromatic rings. The van der Waals surface area contributed by atoms with Gasteiger partial charge in [-0.25, -0.2) is 9.37 Å². The highest BCUT2D eigenvalue weighted by Gasteiger charge is 2.27. The van der Waals surface area contributed by atoms with Crippen LogP contribution in [0, 0.1) is 5.82 Å². The van der Waals surface area contributed by atoms with Gasteiger partial charge in [-0.1, -0.05) is 30.3 Å². The van der Waals surface area contributed by atoms with Gasteiger partial charge in [0.25, 0.3) is 11.5 Å². The third kappa shape index (κ3) is 4.78. The molecule has 0 fully saturated rings. The van der Waals surface area contributed by atoms with Crippen molar-refractivity contribution in [1.82, 2.24) is 15.3 Å². The second-order valence-electron chi connectivity index (χ2n) is 7.04. The Bertz CT molecular complexity index is 1060. The molecule has 0 atom stereocenters. The number of benzene rings is 2. The van der Waals surface area contributed by atoms with Crippen LogP contribution in [0.15, 0.2) is 59.4 Å². The van der Waals surface area contributed by atoms with Crippen molar-refractivity contribution >= 4 is 11.6 Å². The van der Waals surface area contributed by atoms with Crippen molar-refractivity contribution < 1.29 is 14.3 Å². The Morgan fingerprint density at radius 3 is 2.45 bits per heavy atom. The van der Waals surface area contributed by atoms with Gasteiger partial charge in [0.15, 0.2) is 5.69 Å². The SMILES string of the molecule is CC(C)(Nc1ccccc1)c1nc(C(=O)NCc2ccc(F)cc2)c(O)c(=O)[nH]1. The predicted molar refractivity (Wildman–Crippen MR) is 107 cm³/mol. The van der Waals surface area contributed by atoms with E-state index in [0.29, 0.717) is 5.56 Å². The van der Waals surface area contributed by atoms with E-state index in [2.05, 4.69) is 20.6 Å². The summed E-state index contributed by atoms with van der Waals surface area (Å²) in [6.45, 7) is 3.67. The van der Waals surface area contributed by atoms with E-state index in [1.807, 2.05) is 30.3 Å². The minimum atomic E-state index is -0.833. The summed E-state index contributed by atoms with van der Waals surface area (Å²) < 4.78 is 13.0. The Hall–Kier alpha value is -3.68. The van der Waals surface area contributed by atoms with Crippen LogP contribution >= 0.6 is 0 Å². The molecular formula is C21H21FN4O3. The number of anilines is 1. The fourth-order valence-electron chi connectivity index (χ4n) is 2.73. The molecule has 4 N–H and O–H groups in total. The van der Waals surface area contributed by atoms with E-state index in [0.717, 1.165) is 5.69 Å². The number of nitrogens with zero attached hydrogens (tertiary/aromatic N) is 1. The lowest BCUT2D eigenvalue weighted by atomic mass is 10.0. The Balaban J connectivity index is 1.83.